The zero-order valence-electron chi connectivity index (χ0n) is 9.45. The number of rotatable bonds is 2. The molecule has 0 fully saturated rings. The molecule has 17 heavy (non-hydrogen) atoms. The maximum atomic E-state index is 12.9. The fourth-order valence-electron chi connectivity index (χ4n) is 1.79. The van der Waals surface area contributed by atoms with Crippen molar-refractivity contribution in [3.63, 3.8) is 0 Å². The molecule has 0 saturated heterocycles. The van der Waals surface area contributed by atoms with E-state index < -0.39 is 12.5 Å². The highest BCUT2D eigenvalue weighted by molar-refractivity contribution is 5.48. The Kier molecular flexibility index (Phi) is 3.47. The molecule has 0 saturated carbocycles. The summed E-state index contributed by atoms with van der Waals surface area (Å²) in [5.74, 6) is 0.741. The number of benzene rings is 1. The van der Waals surface area contributed by atoms with Crippen LogP contribution in [0.2, 0.25) is 0 Å². The Morgan fingerprint density at radius 3 is 2.12 bits per heavy atom. The monoisotopic (exact) mass is 244 g/mol. The first-order chi connectivity index (χ1) is 8.09. The molecule has 94 valence electrons. The van der Waals surface area contributed by atoms with Crippen LogP contribution in [0.3, 0.4) is 0 Å². The maximum Gasteiger partial charge on any atom is 0.264 e. The second kappa shape index (κ2) is 4.87. The Hall–Kier alpha value is -1.36. The molecule has 0 aliphatic carbocycles. The first-order valence-electron chi connectivity index (χ1n) is 5.49. The molecule has 1 aromatic carbocycles. The second-order valence-corrected chi connectivity index (χ2v) is 3.96. The van der Waals surface area contributed by atoms with E-state index in [-0.39, 0.29) is 11.1 Å². The van der Waals surface area contributed by atoms with Gasteiger partial charge in [-0.1, -0.05) is 0 Å². The van der Waals surface area contributed by atoms with Crippen LogP contribution in [-0.4, -0.2) is 18.3 Å². The summed E-state index contributed by atoms with van der Waals surface area (Å²) in [7, 11) is 0. The molecule has 1 aromatic rings. The Labute approximate surface area is 98.0 Å². The molecule has 3 nitrogen and oxygen atoms in total. The third kappa shape index (κ3) is 2.49. The lowest BCUT2D eigenvalue weighted by molar-refractivity contribution is 0.139. The molecular formula is C12H14F2O3. The Bertz CT molecular complexity index is 368. The third-order valence-corrected chi connectivity index (χ3v) is 2.64. The summed E-state index contributed by atoms with van der Waals surface area (Å²) >= 11 is 0. The summed E-state index contributed by atoms with van der Waals surface area (Å²) in [6.45, 7) is 2.38. The summed E-state index contributed by atoms with van der Waals surface area (Å²) < 4.78 is 36.4. The number of aliphatic hydroxyl groups is 1. The van der Waals surface area contributed by atoms with Gasteiger partial charge >= 0.3 is 0 Å². The van der Waals surface area contributed by atoms with Crippen LogP contribution in [0.15, 0.2) is 12.1 Å². The van der Waals surface area contributed by atoms with Gasteiger partial charge in [0.2, 0.25) is 0 Å². The normalized spacial score (nSPS) is 16.8. The summed E-state index contributed by atoms with van der Waals surface area (Å²) in [4.78, 5) is 0. The first-order valence-corrected chi connectivity index (χ1v) is 5.49. The summed E-state index contributed by atoms with van der Waals surface area (Å²) in [5, 5.41) is 9.50. The fourth-order valence-corrected chi connectivity index (χ4v) is 1.79. The van der Waals surface area contributed by atoms with Crippen molar-refractivity contribution in [1.82, 2.24) is 0 Å². The average Bonchev–Trinajstić information content (AvgIpc) is 2.51. The van der Waals surface area contributed by atoms with Crippen LogP contribution in [0.1, 0.15) is 37.0 Å². The molecule has 0 radical (unpaired) electrons. The van der Waals surface area contributed by atoms with E-state index in [0.717, 1.165) is 0 Å². The van der Waals surface area contributed by atoms with Crippen LogP contribution < -0.4 is 9.47 Å². The smallest absolute Gasteiger partial charge is 0.264 e. The van der Waals surface area contributed by atoms with Crippen molar-refractivity contribution in [3.05, 3.63) is 23.3 Å². The first kappa shape index (κ1) is 12.1. The van der Waals surface area contributed by atoms with E-state index in [1.807, 2.05) is 0 Å². The Balaban J connectivity index is 2.48. The minimum Gasteiger partial charge on any atom is -0.490 e. The number of fused-ring (bicyclic) bond motifs is 1. The molecule has 0 amide bonds. The Morgan fingerprint density at radius 2 is 1.65 bits per heavy atom. The molecule has 0 spiro atoms. The number of alkyl halides is 2. The van der Waals surface area contributed by atoms with Gasteiger partial charge in [0.25, 0.3) is 6.43 Å². The van der Waals surface area contributed by atoms with Crippen molar-refractivity contribution >= 4 is 0 Å². The summed E-state index contributed by atoms with van der Waals surface area (Å²) in [6, 6.07) is 2.69. The number of halogens is 2. The lowest BCUT2D eigenvalue weighted by atomic mass is 10.0. The van der Waals surface area contributed by atoms with E-state index in [9.17, 15) is 13.9 Å². The molecule has 1 unspecified atom stereocenters. The highest BCUT2D eigenvalue weighted by atomic mass is 19.3. The lowest BCUT2D eigenvalue weighted by Gasteiger charge is -2.15. The van der Waals surface area contributed by atoms with Crippen molar-refractivity contribution in [2.75, 3.05) is 13.2 Å². The van der Waals surface area contributed by atoms with Crippen LogP contribution in [0.4, 0.5) is 8.78 Å². The molecule has 1 heterocycles. The minimum atomic E-state index is -2.64. The third-order valence-electron chi connectivity index (χ3n) is 2.64. The van der Waals surface area contributed by atoms with Gasteiger partial charge in [-0.25, -0.2) is 8.78 Å². The molecule has 2 rings (SSSR count). The number of hydrogen-bond donors (Lipinski definition) is 1. The van der Waals surface area contributed by atoms with Crippen molar-refractivity contribution in [1.29, 1.82) is 0 Å². The van der Waals surface area contributed by atoms with Gasteiger partial charge in [-0.3, -0.25) is 0 Å². The van der Waals surface area contributed by atoms with Gasteiger partial charge in [0, 0.05) is 12.0 Å². The lowest BCUT2D eigenvalue weighted by Crippen LogP contribution is -2.02. The number of aliphatic hydroxyl groups excluding tert-OH is 1. The van der Waals surface area contributed by atoms with Crippen molar-refractivity contribution in [2.24, 2.45) is 0 Å². The maximum absolute atomic E-state index is 12.9. The number of hydrogen-bond acceptors (Lipinski definition) is 3. The number of ether oxygens (including phenoxy) is 2. The quantitative estimate of drug-likeness (QED) is 0.869. The Morgan fingerprint density at radius 1 is 1.12 bits per heavy atom. The zero-order valence-corrected chi connectivity index (χ0v) is 9.45. The minimum absolute atomic E-state index is 0.184. The fraction of sp³-hybridized carbons (Fsp3) is 0.500. The van der Waals surface area contributed by atoms with Crippen LogP contribution in [0.25, 0.3) is 0 Å². The van der Waals surface area contributed by atoms with E-state index in [1.54, 1.807) is 0 Å². The zero-order chi connectivity index (χ0) is 12.4. The SMILES string of the molecule is CC(O)c1cc2c(cc1C(F)F)OCCCO2. The van der Waals surface area contributed by atoms with E-state index >= 15 is 0 Å². The molecule has 5 heteroatoms. The van der Waals surface area contributed by atoms with E-state index in [0.29, 0.717) is 31.1 Å². The molecule has 1 aliphatic heterocycles. The average molecular weight is 244 g/mol. The summed E-state index contributed by atoms with van der Waals surface area (Å²) in [5.41, 5.74) is -0.0199. The van der Waals surface area contributed by atoms with Gasteiger partial charge in [-0.15, -0.1) is 0 Å². The topological polar surface area (TPSA) is 38.7 Å². The summed E-state index contributed by atoms with van der Waals surface area (Å²) in [6.07, 6.45) is -2.89. The predicted octanol–water partition coefficient (Wildman–Crippen LogP) is 2.84. The van der Waals surface area contributed by atoms with Gasteiger partial charge in [-0.05, 0) is 24.6 Å². The van der Waals surface area contributed by atoms with Gasteiger partial charge in [0.05, 0.1) is 19.3 Å². The van der Waals surface area contributed by atoms with Crippen LogP contribution in [-0.2, 0) is 0 Å². The highest BCUT2D eigenvalue weighted by Crippen LogP contribution is 2.38. The standard InChI is InChI=1S/C12H14F2O3/c1-7(15)8-5-10-11(6-9(8)12(13)14)17-4-2-3-16-10/h5-7,12,15H,2-4H2,1H3. The molecule has 1 atom stereocenters. The van der Waals surface area contributed by atoms with Crippen LogP contribution in [0, 0.1) is 0 Å². The largest absolute Gasteiger partial charge is 0.490 e. The molecule has 0 bridgehead atoms. The highest BCUT2D eigenvalue weighted by Gasteiger charge is 2.21. The van der Waals surface area contributed by atoms with Crippen molar-refractivity contribution in [3.8, 4) is 11.5 Å². The van der Waals surface area contributed by atoms with Gasteiger partial charge < -0.3 is 14.6 Å². The second-order valence-electron chi connectivity index (χ2n) is 3.96. The molecule has 0 aromatic heterocycles. The van der Waals surface area contributed by atoms with Gasteiger partial charge in [0.1, 0.15) is 0 Å². The van der Waals surface area contributed by atoms with Gasteiger partial charge in [0.15, 0.2) is 11.5 Å². The van der Waals surface area contributed by atoms with Crippen LogP contribution in [0.5, 0.6) is 11.5 Å². The molecule has 1 aliphatic rings. The van der Waals surface area contributed by atoms with E-state index in [4.69, 9.17) is 9.47 Å². The van der Waals surface area contributed by atoms with Gasteiger partial charge in [-0.2, -0.15) is 0 Å². The molecule has 1 N–H and O–H groups in total. The van der Waals surface area contributed by atoms with Crippen LogP contribution >= 0.6 is 0 Å². The van der Waals surface area contributed by atoms with E-state index in [1.165, 1.54) is 19.1 Å². The molecular weight excluding hydrogens is 230 g/mol. The predicted molar refractivity (Wildman–Crippen MR) is 57.6 cm³/mol. The van der Waals surface area contributed by atoms with Crippen molar-refractivity contribution < 1.29 is 23.4 Å². The van der Waals surface area contributed by atoms with E-state index in [2.05, 4.69) is 0 Å². The van der Waals surface area contributed by atoms with Crippen molar-refractivity contribution in [2.45, 2.75) is 25.9 Å².